The number of hydrogen-bond donors (Lipinski definition) is 2. The van der Waals surface area contributed by atoms with E-state index in [0.717, 1.165) is 19.5 Å². The van der Waals surface area contributed by atoms with Gasteiger partial charge < -0.3 is 15.8 Å². The van der Waals surface area contributed by atoms with Gasteiger partial charge in [0, 0.05) is 25.5 Å². The highest BCUT2D eigenvalue weighted by Crippen LogP contribution is 2.31. The molecule has 0 saturated carbocycles. The van der Waals surface area contributed by atoms with Gasteiger partial charge in [-0.15, -0.1) is 0 Å². The maximum atomic E-state index is 8.79. The normalized spacial score (nSPS) is 19.9. The van der Waals surface area contributed by atoms with Crippen molar-refractivity contribution < 1.29 is 5.21 Å². The Labute approximate surface area is 107 Å². The molecule has 1 aromatic heterocycles. The molecular formula is C12H19N5O. The van der Waals surface area contributed by atoms with Crippen molar-refractivity contribution in [3.8, 4) is 0 Å². The molecule has 1 saturated heterocycles. The van der Waals surface area contributed by atoms with Crippen LogP contribution in [0.25, 0.3) is 0 Å². The lowest BCUT2D eigenvalue weighted by molar-refractivity contribution is 0.292. The van der Waals surface area contributed by atoms with Crippen LogP contribution in [0.5, 0.6) is 0 Å². The number of oxime groups is 1. The van der Waals surface area contributed by atoms with Gasteiger partial charge in [0.15, 0.2) is 17.3 Å². The molecule has 1 fully saturated rings. The van der Waals surface area contributed by atoms with Gasteiger partial charge in [-0.3, -0.25) is 0 Å². The molecule has 0 unspecified atom stereocenters. The fourth-order valence-corrected chi connectivity index (χ4v) is 2.39. The van der Waals surface area contributed by atoms with Crippen LogP contribution in [0.3, 0.4) is 0 Å². The summed E-state index contributed by atoms with van der Waals surface area (Å²) in [6.45, 7) is 6.29. The van der Waals surface area contributed by atoms with E-state index in [1.165, 1.54) is 6.42 Å². The Morgan fingerprint density at radius 2 is 2.17 bits per heavy atom. The molecule has 2 rings (SSSR count). The van der Waals surface area contributed by atoms with Crippen LogP contribution in [0.4, 0.5) is 5.82 Å². The first kappa shape index (κ1) is 12.6. The summed E-state index contributed by atoms with van der Waals surface area (Å²) >= 11 is 0. The Morgan fingerprint density at radius 1 is 1.44 bits per heavy atom. The summed E-state index contributed by atoms with van der Waals surface area (Å²) in [6, 6.07) is 0. The SMILES string of the molecule is CC1(C)CCCN(c2nccnc2C(N)=NO)C1. The standard InChI is InChI=1S/C12H19N5O/c1-12(2)4-3-7-17(8-12)11-9(10(13)16-18)14-5-6-15-11/h5-6,18H,3-4,7-8H2,1-2H3,(H2,13,16). The van der Waals surface area contributed by atoms with Crippen LogP contribution in [-0.4, -0.2) is 34.1 Å². The van der Waals surface area contributed by atoms with Gasteiger partial charge in [-0.05, 0) is 18.3 Å². The largest absolute Gasteiger partial charge is 0.409 e. The number of anilines is 1. The molecule has 6 nitrogen and oxygen atoms in total. The van der Waals surface area contributed by atoms with Gasteiger partial charge in [-0.1, -0.05) is 19.0 Å². The number of rotatable bonds is 2. The van der Waals surface area contributed by atoms with Crippen LogP contribution < -0.4 is 10.6 Å². The monoisotopic (exact) mass is 249 g/mol. The van der Waals surface area contributed by atoms with Crippen LogP contribution in [0.15, 0.2) is 17.5 Å². The average Bonchev–Trinajstić information content (AvgIpc) is 2.36. The predicted molar refractivity (Wildman–Crippen MR) is 69.8 cm³/mol. The van der Waals surface area contributed by atoms with E-state index in [-0.39, 0.29) is 11.3 Å². The van der Waals surface area contributed by atoms with Crippen molar-refractivity contribution in [1.82, 2.24) is 9.97 Å². The van der Waals surface area contributed by atoms with E-state index in [4.69, 9.17) is 10.9 Å². The summed E-state index contributed by atoms with van der Waals surface area (Å²) in [5.41, 5.74) is 6.33. The quantitative estimate of drug-likeness (QED) is 0.356. The molecule has 1 aliphatic rings. The Kier molecular flexibility index (Phi) is 3.36. The summed E-state index contributed by atoms with van der Waals surface area (Å²) in [6.07, 6.45) is 5.49. The molecule has 6 heteroatoms. The highest BCUT2D eigenvalue weighted by atomic mass is 16.4. The maximum absolute atomic E-state index is 8.79. The molecule has 0 atom stereocenters. The van der Waals surface area contributed by atoms with Crippen LogP contribution in [0, 0.1) is 5.41 Å². The third kappa shape index (κ3) is 2.52. The van der Waals surface area contributed by atoms with E-state index in [1.807, 2.05) is 0 Å². The van der Waals surface area contributed by atoms with Gasteiger partial charge in [0.05, 0.1) is 0 Å². The second-order valence-corrected chi connectivity index (χ2v) is 5.40. The number of aromatic nitrogens is 2. The molecule has 18 heavy (non-hydrogen) atoms. The Bertz CT molecular complexity index is 458. The molecule has 2 heterocycles. The Balaban J connectivity index is 2.33. The van der Waals surface area contributed by atoms with Crippen molar-refractivity contribution in [2.24, 2.45) is 16.3 Å². The van der Waals surface area contributed by atoms with Crippen LogP contribution in [0.1, 0.15) is 32.4 Å². The van der Waals surface area contributed by atoms with E-state index in [1.54, 1.807) is 12.4 Å². The maximum Gasteiger partial charge on any atom is 0.192 e. The van der Waals surface area contributed by atoms with Crippen molar-refractivity contribution in [3.05, 3.63) is 18.1 Å². The topological polar surface area (TPSA) is 87.6 Å². The zero-order valence-corrected chi connectivity index (χ0v) is 10.8. The first-order valence-electron chi connectivity index (χ1n) is 6.07. The van der Waals surface area contributed by atoms with Gasteiger partial charge in [-0.2, -0.15) is 0 Å². The summed E-state index contributed by atoms with van der Waals surface area (Å²) in [5.74, 6) is 0.696. The van der Waals surface area contributed by atoms with Crippen molar-refractivity contribution in [2.75, 3.05) is 18.0 Å². The summed E-state index contributed by atoms with van der Waals surface area (Å²) in [7, 11) is 0. The third-order valence-electron chi connectivity index (χ3n) is 3.23. The lowest BCUT2D eigenvalue weighted by atomic mass is 9.84. The highest BCUT2D eigenvalue weighted by molar-refractivity contribution is 5.99. The first-order chi connectivity index (χ1) is 8.53. The number of nitrogens with two attached hydrogens (primary N) is 1. The van der Waals surface area contributed by atoms with Crippen molar-refractivity contribution >= 4 is 11.7 Å². The summed E-state index contributed by atoms with van der Waals surface area (Å²) in [5, 5.41) is 11.8. The summed E-state index contributed by atoms with van der Waals surface area (Å²) < 4.78 is 0. The lowest BCUT2D eigenvalue weighted by Crippen LogP contribution is -2.41. The van der Waals surface area contributed by atoms with Crippen molar-refractivity contribution in [1.29, 1.82) is 0 Å². The molecule has 0 amide bonds. The van der Waals surface area contributed by atoms with Gasteiger partial charge in [0.2, 0.25) is 0 Å². The van der Waals surface area contributed by atoms with Crippen molar-refractivity contribution in [2.45, 2.75) is 26.7 Å². The molecule has 0 aromatic carbocycles. The average molecular weight is 249 g/mol. The minimum Gasteiger partial charge on any atom is -0.409 e. The predicted octanol–water partition coefficient (Wildman–Crippen LogP) is 1.20. The second-order valence-electron chi connectivity index (χ2n) is 5.40. The highest BCUT2D eigenvalue weighted by Gasteiger charge is 2.29. The Hall–Kier alpha value is -1.85. The molecule has 98 valence electrons. The third-order valence-corrected chi connectivity index (χ3v) is 3.23. The molecule has 0 aliphatic carbocycles. The molecule has 1 aliphatic heterocycles. The minimum absolute atomic E-state index is 0.00137. The molecular weight excluding hydrogens is 230 g/mol. The number of amidine groups is 1. The lowest BCUT2D eigenvalue weighted by Gasteiger charge is -2.39. The van der Waals surface area contributed by atoms with Gasteiger partial charge >= 0.3 is 0 Å². The molecule has 3 N–H and O–H groups in total. The minimum atomic E-state index is 0.00137. The van der Waals surface area contributed by atoms with Gasteiger partial charge in [0.25, 0.3) is 0 Å². The van der Waals surface area contributed by atoms with E-state index >= 15 is 0 Å². The molecule has 0 bridgehead atoms. The fourth-order valence-electron chi connectivity index (χ4n) is 2.39. The zero-order chi connectivity index (χ0) is 13.2. The van der Waals surface area contributed by atoms with Crippen LogP contribution >= 0.6 is 0 Å². The van der Waals surface area contributed by atoms with Gasteiger partial charge in [-0.25, -0.2) is 9.97 Å². The second kappa shape index (κ2) is 4.80. The first-order valence-corrected chi connectivity index (χ1v) is 6.07. The number of hydrogen-bond acceptors (Lipinski definition) is 5. The zero-order valence-electron chi connectivity index (χ0n) is 10.8. The van der Waals surface area contributed by atoms with E-state index in [2.05, 4.69) is 33.9 Å². The molecule has 0 radical (unpaired) electrons. The van der Waals surface area contributed by atoms with Crippen LogP contribution in [-0.2, 0) is 0 Å². The van der Waals surface area contributed by atoms with Crippen molar-refractivity contribution in [3.63, 3.8) is 0 Å². The van der Waals surface area contributed by atoms with E-state index in [9.17, 15) is 0 Å². The Morgan fingerprint density at radius 3 is 2.83 bits per heavy atom. The molecule has 1 aromatic rings. The van der Waals surface area contributed by atoms with Gasteiger partial charge in [0.1, 0.15) is 0 Å². The number of nitrogens with zero attached hydrogens (tertiary/aromatic N) is 4. The summed E-state index contributed by atoms with van der Waals surface area (Å²) in [4.78, 5) is 10.6. The fraction of sp³-hybridized carbons (Fsp3) is 0.583. The van der Waals surface area contributed by atoms with E-state index in [0.29, 0.717) is 11.5 Å². The molecule has 0 spiro atoms. The van der Waals surface area contributed by atoms with Crippen LogP contribution in [0.2, 0.25) is 0 Å². The smallest absolute Gasteiger partial charge is 0.192 e. The van der Waals surface area contributed by atoms with E-state index < -0.39 is 0 Å². The number of piperidine rings is 1.